The smallest absolute Gasteiger partial charge is 0.261 e. The molecule has 0 bridgehead atoms. The SMILES string of the molecule is CCNC(=O)c1cc(C=O)c(=O)n(Cc2cccc(C)c2)c1. The van der Waals surface area contributed by atoms with Crippen LogP contribution in [-0.2, 0) is 6.54 Å². The third-order valence-corrected chi connectivity index (χ3v) is 3.28. The average Bonchev–Trinajstić information content (AvgIpc) is 2.49. The minimum atomic E-state index is -0.399. The van der Waals surface area contributed by atoms with Crippen LogP contribution in [0.3, 0.4) is 0 Å². The molecule has 5 heteroatoms. The van der Waals surface area contributed by atoms with Crippen LogP contribution in [0.2, 0.25) is 0 Å². The van der Waals surface area contributed by atoms with Gasteiger partial charge in [0.05, 0.1) is 17.7 Å². The largest absolute Gasteiger partial charge is 0.352 e. The lowest BCUT2D eigenvalue weighted by Crippen LogP contribution is -2.29. The van der Waals surface area contributed by atoms with Gasteiger partial charge in [0.1, 0.15) is 0 Å². The summed E-state index contributed by atoms with van der Waals surface area (Å²) in [7, 11) is 0. The molecule has 114 valence electrons. The fraction of sp³-hybridized carbons (Fsp3) is 0.235. The maximum Gasteiger partial charge on any atom is 0.261 e. The van der Waals surface area contributed by atoms with Gasteiger partial charge in [-0.3, -0.25) is 14.4 Å². The molecule has 0 atom stereocenters. The number of benzene rings is 1. The van der Waals surface area contributed by atoms with Gasteiger partial charge in [0.15, 0.2) is 6.29 Å². The fourth-order valence-electron chi connectivity index (χ4n) is 2.25. The molecule has 0 saturated heterocycles. The van der Waals surface area contributed by atoms with Crippen LogP contribution in [-0.4, -0.2) is 23.3 Å². The van der Waals surface area contributed by atoms with E-state index in [1.807, 2.05) is 31.2 Å². The second-order valence-corrected chi connectivity index (χ2v) is 5.08. The molecular formula is C17H18N2O3. The number of carbonyl (C=O) groups is 2. The third-order valence-electron chi connectivity index (χ3n) is 3.28. The molecule has 0 unspecified atom stereocenters. The van der Waals surface area contributed by atoms with Crippen molar-refractivity contribution in [2.24, 2.45) is 0 Å². The van der Waals surface area contributed by atoms with Gasteiger partial charge in [0.2, 0.25) is 0 Å². The van der Waals surface area contributed by atoms with Crippen LogP contribution in [0.5, 0.6) is 0 Å². The fourth-order valence-corrected chi connectivity index (χ4v) is 2.25. The van der Waals surface area contributed by atoms with Gasteiger partial charge in [-0.25, -0.2) is 0 Å². The Morgan fingerprint density at radius 2 is 2.09 bits per heavy atom. The summed E-state index contributed by atoms with van der Waals surface area (Å²) in [4.78, 5) is 35.2. The van der Waals surface area contributed by atoms with Crippen molar-refractivity contribution in [1.82, 2.24) is 9.88 Å². The highest BCUT2D eigenvalue weighted by Gasteiger charge is 2.11. The maximum absolute atomic E-state index is 12.2. The molecule has 1 aromatic carbocycles. The molecule has 1 amide bonds. The summed E-state index contributed by atoms with van der Waals surface area (Å²) in [5, 5.41) is 2.66. The van der Waals surface area contributed by atoms with E-state index in [1.165, 1.54) is 16.8 Å². The van der Waals surface area contributed by atoms with Crippen molar-refractivity contribution >= 4 is 12.2 Å². The summed E-state index contributed by atoms with van der Waals surface area (Å²) in [5.41, 5.74) is 1.91. The van der Waals surface area contributed by atoms with E-state index in [2.05, 4.69) is 5.32 Å². The van der Waals surface area contributed by atoms with Crippen molar-refractivity contribution < 1.29 is 9.59 Å². The van der Waals surface area contributed by atoms with Crippen molar-refractivity contribution in [3.8, 4) is 0 Å². The van der Waals surface area contributed by atoms with Crippen LogP contribution in [0.4, 0.5) is 0 Å². The van der Waals surface area contributed by atoms with E-state index in [0.29, 0.717) is 24.9 Å². The zero-order chi connectivity index (χ0) is 16.1. The molecule has 0 aliphatic rings. The molecule has 0 spiro atoms. The first-order valence-corrected chi connectivity index (χ1v) is 7.08. The molecule has 1 heterocycles. The van der Waals surface area contributed by atoms with Gasteiger partial charge < -0.3 is 9.88 Å². The minimum absolute atomic E-state index is 0.0172. The lowest BCUT2D eigenvalue weighted by atomic mass is 10.1. The van der Waals surface area contributed by atoms with Crippen molar-refractivity contribution in [1.29, 1.82) is 0 Å². The number of hydrogen-bond acceptors (Lipinski definition) is 3. The molecule has 2 aromatic rings. The predicted octanol–water partition coefficient (Wildman–Crippen LogP) is 1.77. The van der Waals surface area contributed by atoms with Crippen LogP contribution in [0.1, 0.15) is 38.8 Å². The summed E-state index contributed by atoms with van der Waals surface area (Å²) in [6.07, 6.45) is 1.97. The van der Waals surface area contributed by atoms with Gasteiger partial charge in [0.25, 0.3) is 11.5 Å². The highest BCUT2D eigenvalue weighted by atomic mass is 16.2. The van der Waals surface area contributed by atoms with Crippen LogP contribution in [0.15, 0.2) is 41.3 Å². The van der Waals surface area contributed by atoms with Crippen molar-refractivity contribution in [3.05, 3.63) is 69.1 Å². The zero-order valence-electron chi connectivity index (χ0n) is 12.6. The van der Waals surface area contributed by atoms with Gasteiger partial charge in [-0.2, -0.15) is 0 Å². The molecular weight excluding hydrogens is 280 g/mol. The Morgan fingerprint density at radius 1 is 1.32 bits per heavy atom. The first-order chi connectivity index (χ1) is 10.5. The van der Waals surface area contributed by atoms with Crippen molar-refractivity contribution in [2.45, 2.75) is 20.4 Å². The average molecular weight is 298 g/mol. The maximum atomic E-state index is 12.2. The topological polar surface area (TPSA) is 68.2 Å². The van der Waals surface area contributed by atoms with Crippen LogP contribution < -0.4 is 10.9 Å². The van der Waals surface area contributed by atoms with E-state index in [0.717, 1.165) is 11.1 Å². The summed E-state index contributed by atoms with van der Waals surface area (Å²) in [5.74, 6) is -0.302. The van der Waals surface area contributed by atoms with E-state index < -0.39 is 5.56 Å². The Labute approximate surface area is 128 Å². The van der Waals surface area contributed by atoms with E-state index >= 15 is 0 Å². The number of rotatable bonds is 5. The Hall–Kier alpha value is -2.69. The van der Waals surface area contributed by atoms with Crippen LogP contribution in [0, 0.1) is 6.92 Å². The van der Waals surface area contributed by atoms with E-state index in [4.69, 9.17) is 0 Å². The molecule has 5 nitrogen and oxygen atoms in total. The van der Waals surface area contributed by atoms with Gasteiger partial charge in [-0.1, -0.05) is 29.8 Å². The highest BCUT2D eigenvalue weighted by molar-refractivity contribution is 5.95. The van der Waals surface area contributed by atoms with E-state index in [1.54, 1.807) is 6.92 Å². The van der Waals surface area contributed by atoms with Crippen molar-refractivity contribution in [3.63, 3.8) is 0 Å². The monoisotopic (exact) mass is 298 g/mol. The molecule has 1 aromatic heterocycles. The zero-order valence-corrected chi connectivity index (χ0v) is 12.6. The second kappa shape index (κ2) is 6.85. The van der Waals surface area contributed by atoms with Gasteiger partial charge in [-0.05, 0) is 25.5 Å². The first-order valence-electron chi connectivity index (χ1n) is 7.08. The van der Waals surface area contributed by atoms with Gasteiger partial charge in [-0.15, -0.1) is 0 Å². The number of amides is 1. The van der Waals surface area contributed by atoms with Gasteiger partial charge in [0, 0.05) is 12.7 Å². The molecule has 0 fully saturated rings. The lowest BCUT2D eigenvalue weighted by molar-refractivity contribution is 0.0955. The van der Waals surface area contributed by atoms with E-state index in [9.17, 15) is 14.4 Å². The Kier molecular flexibility index (Phi) is 4.88. The number of aromatic nitrogens is 1. The second-order valence-electron chi connectivity index (χ2n) is 5.08. The predicted molar refractivity (Wildman–Crippen MR) is 84.4 cm³/mol. The highest BCUT2D eigenvalue weighted by Crippen LogP contribution is 2.07. The van der Waals surface area contributed by atoms with Crippen LogP contribution >= 0.6 is 0 Å². The van der Waals surface area contributed by atoms with E-state index in [-0.39, 0.29) is 11.5 Å². The molecule has 0 saturated carbocycles. The Morgan fingerprint density at radius 3 is 2.73 bits per heavy atom. The number of aldehydes is 1. The number of carbonyl (C=O) groups excluding carboxylic acids is 2. The summed E-state index contributed by atoms with van der Waals surface area (Å²) < 4.78 is 1.39. The number of nitrogens with one attached hydrogen (secondary N) is 1. The normalized spacial score (nSPS) is 10.3. The lowest BCUT2D eigenvalue weighted by Gasteiger charge is -2.10. The summed E-state index contributed by atoms with van der Waals surface area (Å²) in [6.45, 7) is 4.57. The molecule has 0 aliphatic carbocycles. The van der Waals surface area contributed by atoms with Gasteiger partial charge >= 0.3 is 0 Å². The summed E-state index contributed by atoms with van der Waals surface area (Å²) >= 11 is 0. The number of aryl methyl sites for hydroxylation is 1. The minimum Gasteiger partial charge on any atom is -0.352 e. The van der Waals surface area contributed by atoms with Crippen LogP contribution in [0.25, 0.3) is 0 Å². The molecule has 22 heavy (non-hydrogen) atoms. The first kappa shape index (κ1) is 15.7. The number of nitrogens with zero attached hydrogens (tertiary/aromatic N) is 1. The molecule has 0 radical (unpaired) electrons. The Balaban J connectivity index is 2.45. The third kappa shape index (κ3) is 3.49. The summed E-state index contributed by atoms with van der Waals surface area (Å²) in [6, 6.07) is 9.07. The Bertz CT molecular complexity index is 763. The number of pyridine rings is 1. The van der Waals surface area contributed by atoms with Crippen molar-refractivity contribution in [2.75, 3.05) is 6.54 Å². The molecule has 0 aliphatic heterocycles. The quantitative estimate of drug-likeness (QED) is 0.855. The molecule has 1 N–H and O–H groups in total. The standard InChI is InChI=1S/C17H18N2O3/c1-3-18-16(21)14-8-15(11-20)17(22)19(10-14)9-13-6-4-5-12(2)7-13/h4-8,10-11H,3,9H2,1-2H3,(H,18,21). The molecule has 2 rings (SSSR count). The number of hydrogen-bond donors (Lipinski definition) is 1.